The Bertz CT molecular complexity index is 1750. The first-order valence-corrected chi connectivity index (χ1v) is 13.2. The highest BCUT2D eigenvalue weighted by atomic mass is 16.5. The van der Waals surface area contributed by atoms with Gasteiger partial charge in [0.15, 0.2) is 0 Å². The van der Waals surface area contributed by atoms with Crippen molar-refractivity contribution in [3.63, 3.8) is 0 Å². The van der Waals surface area contributed by atoms with Gasteiger partial charge in [-0.1, -0.05) is 64.7 Å². The molecular weight excluding hydrogens is 482 g/mol. The number of ether oxygens (including phenoxy) is 2. The molecule has 0 N–H and O–H groups in total. The van der Waals surface area contributed by atoms with Crippen LogP contribution in [-0.4, -0.2) is 11.7 Å². The van der Waals surface area contributed by atoms with Gasteiger partial charge in [0.05, 0.1) is 18.4 Å². The second kappa shape index (κ2) is 9.63. The topological polar surface area (TPSA) is 40.5 Å². The number of para-hydroxylation sites is 1. The summed E-state index contributed by atoms with van der Waals surface area (Å²) in [6.07, 6.45) is 0. The van der Waals surface area contributed by atoms with E-state index in [0.717, 1.165) is 61.8 Å². The molecule has 5 aromatic rings. The minimum absolute atomic E-state index is 0.0769. The van der Waals surface area contributed by atoms with Gasteiger partial charge < -0.3 is 9.47 Å². The van der Waals surface area contributed by atoms with Crippen LogP contribution < -0.4 is 15.0 Å². The maximum atomic E-state index is 14.5. The van der Waals surface area contributed by atoms with Gasteiger partial charge in [0.2, 0.25) is 0 Å². The minimum atomic E-state index is -0.0769. The molecule has 0 atom stereocenters. The monoisotopic (exact) mass is 513 g/mol. The summed E-state index contributed by atoms with van der Waals surface area (Å²) in [4.78, 5) is 14.5. The number of methoxy groups -OCH3 is 1. The molecule has 4 nitrogen and oxygen atoms in total. The van der Waals surface area contributed by atoms with Crippen LogP contribution in [0.5, 0.6) is 11.5 Å². The van der Waals surface area contributed by atoms with Gasteiger partial charge in [-0.05, 0) is 81.3 Å². The van der Waals surface area contributed by atoms with E-state index in [-0.39, 0.29) is 12.2 Å². The number of hydrogen-bond acceptors (Lipinski definition) is 3. The van der Waals surface area contributed by atoms with Gasteiger partial charge in [-0.25, -0.2) is 0 Å². The van der Waals surface area contributed by atoms with Crippen LogP contribution in [0.4, 0.5) is 0 Å². The van der Waals surface area contributed by atoms with Gasteiger partial charge in [-0.2, -0.15) is 0 Å². The molecule has 6 rings (SSSR count). The highest BCUT2D eigenvalue weighted by Gasteiger charge is 2.30. The first-order chi connectivity index (χ1) is 18.8. The van der Waals surface area contributed by atoms with Gasteiger partial charge in [0.25, 0.3) is 5.56 Å². The van der Waals surface area contributed by atoms with Crippen LogP contribution in [0, 0.1) is 27.7 Å². The number of hydrogen-bond donors (Lipinski definition) is 0. The molecule has 4 heteroatoms. The number of nitrogens with zero attached hydrogens (tertiary/aromatic N) is 1. The van der Waals surface area contributed by atoms with Gasteiger partial charge in [0.1, 0.15) is 18.1 Å². The van der Waals surface area contributed by atoms with Crippen molar-refractivity contribution in [1.82, 2.24) is 4.57 Å². The molecule has 2 heterocycles. The normalized spacial score (nSPS) is 11.9. The highest BCUT2D eigenvalue weighted by molar-refractivity contribution is 5.97. The van der Waals surface area contributed by atoms with Gasteiger partial charge >= 0.3 is 0 Å². The molecular formula is C35H31NO3. The maximum absolute atomic E-state index is 14.5. The fourth-order valence-electron chi connectivity index (χ4n) is 5.87. The Morgan fingerprint density at radius 3 is 1.92 bits per heavy atom. The van der Waals surface area contributed by atoms with E-state index in [4.69, 9.17) is 9.47 Å². The van der Waals surface area contributed by atoms with Crippen LogP contribution in [0.1, 0.15) is 27.8 Å². The summed E-state index contributed by atoms with van der Waals surface area (Å²) >= 11 is 0. The summed E-state index contributed by atoms with van der Waals surface area (Å²) in [7, 11) is 1.65. The second-order valence-electron chi connectivity index (χ2n) is 10.5. The number of pyridine rings is 1. The summed E-state index contributed by atoms with van der Waals surface area (Å²) < 4.78 is 13.4. The molecule has 39 heavy (non-hydrogen) atoms. The number of benzene rings is 4. The number of aryl methyl sites for hydroxylation is 4. The first kappa shape index (κ1) is 24.7. The zero-order valence-electron chi connectivity index (χ0n) is 23.0. The number of fused-ring (bicyclic) bond motifs is 3. The van der Waals surface area contributed by atoms with E-state index in [9.17, 15) is 4.79 Å². The summed E-state index contributed by atoms with van der Waals surface area (Å²) in [6.45, 7) is 8.66. The lowest BCUT2D eigenvalue weighted by Gasteiger charge is -2.28. The lowest BCUT2D eigenvalue weighted by atomic mass is 9.85. The van der Waals surface area contributed by atoms with Gasteiger partial charge in [0, 0.05) is 22.4 Å². The smallest absolute Gasteiger partial charge is 0.262 e. The standard InChI is InChI=1S/C35H31NO3/c1-21-14-22(2)17-25(16-21)32-33-29-8-6-7-9-31(29)39-20-30(33)35(37)36(27-10-12-28(38-5)13-11-27)34(32)26-18-23(3)15-24(4)19-26/h6-19H,20H2,1-5H3. The van der Waals surface area contributed by atoms with Crippen LogP contribution in [0.25, 0.3) is 39.2 Å². The zero-order chi connectivity index (χ0) is 27.3. The van der Waals surface area contributed by atoms with Crippen molar-refractivity contribution in [3.8, 4) is 50.7 Å². The predicted molar refractivity (Wildman–Crippen MR) is 158 cm³/mol. The van der Waals surface area contributed by atoms with Gasteiger partial charge in [-0.3, -0.25) is 9.36 Å². The van der Waals surface area contributed by atoms with Crippen LogP contribution in [0.2, 0.25) is 0 Å². The molecule has 0 saturated carbocycles. The van der Waals surface area contributed by atoms with Crippen LogP contribution in [0.3, 0.4) is 0 Å². The van der Waals surface area contributed by atoms with Crippen LogP contribution in [-0.2, 0) is 6.61 Å². The summed E-state index contributed by atoms with van der Waals surface area (Å²) in [5.41, 5.74) is 11.9. The third-order valence-corrected chi connectivity index (χ3v) is 7.34. The Hall–Kier alpha value is -4.57. The third-order valence-electron chi connectivity index (χ3n) is 7.34. The van der Waals surface area contributed by atoms with Crippen molar-refractivity contribution in [2.45, 2.75) is 34.3 Å². The molecule has 0 amide bonds. The Morgan fingerprint density at radius 2 is 1.31 bits per heavy atom. The van der Waals surface area contributed by atoms with Crippen molar-refractivity contribution in [1.29, 1.82) is 0 Å². The predicted octanol–water partition coefficient (Wildman–Crippen LogP) is 7.97. The first-order valence-electron chi connectivity index (χ1n) is 13.2. The SMILES string of the molecule is COc1ccc(-n2c(-c3cc(C)cc(C)c3)c(-c3cc(C)cc(C)c3)c3c(c2=O)COc2ccccc2-3)cc1. The van der Waals surface area contributed by atoms with Crippen LogP contribution >= 0.6 is 0 Å². The molecule has 0 fully saturated rings. The van der Waals surface area contributed by atoms with Crippen LogP contribution in [0.15, 0.2) is 89.7 Å². The Balaban J connectivity index is 1.85. The van der Waals surface area contributed by atoms with E-state index in [2.05, 4.69) is 70.2 Å². The average Bonchev–Trinajstić information content (AvgIpc) is 2.91. The minimum Gasteiger partial charge on any atom is -0.497 e. The molecule has 0 bridgehead atoms. The van der Waals surface area contributed by atoms with E-state index >= 15 is 0 Å². The molecule has 1 aliphatic heterocycles. The van der Waals surface area contributed by atoms with Crippen molar-refractivity contribution in [2.24, 2.45) is 0 Å². The van der Waals surface area contributed by atoms with Crippen molar-refractivity contribution in [3.05, 3.63) is 123 Å². The molecule has 1 aromatic heterocycles. The maximum Gasteiger partial charge on any atom is 0.262 e. The molecule has 1 aliphatic rings. The Morgan fingerprint density at radius 1 is 0.718 bits per heavy atom. The van der Waals surface area contributed by atoms with Crippen molar-refractivity contribution < 1.29 is 9.47 Å². The van der Waals surface area contributed by atoms with Crippen molar-refractivity contribution >= 4 is 0 Å². The molecule has 4 aromatic carbocycles. The molecule has 0 aliphatic carbocycles. The Kier molecular flexibility index (Phi) is 6.11. The molecule has 0 saturated heterocycles. The molecule has 0 radical (unpaired) electrons. The summed E-state index contributed by atoms with van der Waals surface area (Å²) in [5.74, 6) is 1.54. The lowest BCUT2D eigenvalue weighted by molar-refractivity contribution is 0.300. The van der Waals surface area contributed by atoms with E-state index in [1.807, 2.05) is 47.0 Å². The second-order valence-corrected chi connectivity index (χ2v) is 10.5. The van der Waals surface area contributed by atoms with E-state index in [1.165, 1.54) is 11.1 Å². The zero-order valence-corrected chi connectivity index (χ0v) is 23.0. The number of rotatable bonds is 4. The largest absolute Gasteiger partial charge is 0.497 e. The summed E-state index contributed by atoms with van der Waals surface area (Å²) in [6, 6.07) is 28.8. The van der Waals surface area contributed by atoms with E-state index < -0.39 is 0 Å². The average molecular weight is 514 g/mol. The lowest BCUT2D eigenvalue weighted by Crippen LogP contribution is -2.28. The Labute approximate surface area is 229 Å². The van der Waals surface area contributed by atoms with E-state index in [1.54, 1.807) is 7.11 Å². The molecule has 0 unspecified atom stereocenters. The van der Waals surface area contributed by atoms with Gasteiger partial charge in [-0.15, -0.1) is 0 Å². The fourth-order valence-corrected chi connectivity index (χ4v) is 5.87. The summed E-state index contributed by atoms with van der Waals surface area (Å²) in [5, 5.41) is 0. The molecule has 194 valence electrons. The third kappa shape index (κ3) is 4.32. The van der Waals surface area contributed by atoms with Crippen molar-refractivity contribution in [2.75, 3.05) is 7.11 Å². The van der Waals surface area contributed by atoms with E-state index in [0.29, 0.717) is 5.56 Å². The molecule has 0 spiro atoms. The fraction of sp³-hybridized carbons (Fsp3) is 0.171. The number of aromatic nitrogens is 1. The quantitative estimate of drug-likeness (QED) is 0.245. The highest BCUT2D eigenvalue weighted by Crippen LogP contribution is 2.47.